The van der Waals surface area contributed by atoms with Gasteiger partial charge in [0.05, 0.1) is 23.9 Å². The van der Waals surface area contributed by atoms with Crippen molar-refractivity contribution in [3.8, 4) is 0 Å². The molecule has 0 atom stereocenters. The summed E-state index contributed by atoms with van der Waals surface area (Å²) >= 11 is 5.80. The maximum atomic E-state index is 11.8. The van der Waals surface area contributed by atoms with Crippen molar-refractivity contribution in [1.82, 2.24) is 4.90 Å². The second kappa shape index (κ2) is 7.68. The average molecular weight is 302 g/mol. The molecule has 110 valence electrons. The molecule has 0 unspecified atom stereocenters. The zero-order chi connectivity index (χ0) is 15.1. The van der Waals surface area contributed by atoms with Crippen molar-refractivity contribution in [2.24, 2.45) is 0 Å². The van der Waals surface area contributed by atoms with Crippen LogP contribution in [0, 0.1) is 0 Å². The summed E-state index contributed by atoms with van der Waals surface area (Å²) in [6, 6.07) is 4.43. The molecule has 0 radical (unpaired) electrons. The summed E-state index contributed by atoms with van der Waals surface area (Å²) in [6.45, 7) is -0.663. The number of hydrogen-bond acceptors (Lipinski definition) is 5. The Bertz CT molecular complexity index is 490. The van der Waals surface area contributed by atoms with Gasteiger partial charge in [0.15, 0.2) is 0 Å². The molecule has 0 saturated carbocycles. The maximum Gasteiger partial charge on any atom is 0.313 e. The van der Waals surface area contributed by atoms with Gasteiger partial charge in [0, 0.05) is 18.8 Å². The molecule has 5 N–H and O–H groups in total. The number of carbonyl (C=O) groups is 2. The van der Waals surface area contributed by atoms with Gasteiger partial charge in [0.25, 0.3) is 0 Å². The Labute approximate surface area is 120 Å². The third-order valence-electron chi connectivity index (χ3n) is 2.48. The summed E-state index contributed by atoms with van der Waals surface area (Å²) in [7, 11) is 0. The van der Waals surface area contributed by atoms with Gasteiger partial charge in [-0.2, -0.15) is 0 Å². The number of nitrogens with zero attached hydrogens (tertiary/aromatic N) is 1. The highest BCUT2D eigenvalue weighted by molar-refractivity contribution is 6.40. The predicted octanol–water partition coefficient (Wildman–Crippen LogP) is -0.326. The molecule has 0 bridgehead atoms. The van der Waals surface area contributed by atoms with E-state index >= 15 is 0 Å². The van der Waals surface area contributed by atoms with Crippen molar-refractivity contribution in [2.75, 3.05) is 37.4 Å². The second-order valence-corrected chi connectivity index (χ2v) is 4.34. The predicted molar refractivity (Wildman–Crippen MR) is 75.2 cm³/mol. The van der Waals surface area contributed by atoms with E-state index in [0.29, 0.717) is 11.4 Å². The fourth-order valence-electron chi connectivity index (χ4n) is 1.49. The van der Waals surface area contributed by atoms with Crippen LogP contribution in [0.1, 0.15) is 0 Å². The van der Waals surface area contributed by atoms with Gasteiger partial charge < -0.3 is 26.2 Å². The first-order chi connectivity index (χ1) is 9.49. The first kappa shape index (κ1) is 16.2. The van der Waals surface area contributed by atoms with Crippen molar-refractivity contribution in [2.45, 2.75) is 0 Å². The first-order valence-corrected chi connectivity index (χ1v) is 6.24. The molecule has 2 amide bonds. The third-order valence-corrected chi connectivity index (χ3v) is 2.81. The number of hydrogen-bond donors (Lipinski definition) is 4. The van der Waals surface area contributed by atoms with E-state index in [1.165, 1.54) is 18.2 Å². The van der Waals surface area contributed by atoms with Crippen LogP contribution in [0.5, 0.6) is 0 Å². The van der Waals surface area contributed by atoms with Crippen LogP contribution in [-0.4, -0.2) is 53.2 Å². The van der Waals surface area contributed by atoms with E-state index in [0.717, 1.165) is 4.90 Å². The lowest BCUT2D eigenvalue weighted by molar-refractivity contribution is -0.143. The number of amides is 2. The Kier molecular flexibility index (Phi) is 6.23. The quantitative estimate of drug-likeness (QED) is 0.439. The molecule has 1 aromatic rings. The van der Waals surface area contributed by atoms with Crippen molar-refractivity contribution in [3.63, 3.8) is 0 Å². The Morgan fingerprint density at radius 3 is 2.35 bits per heavy atom. The minimum absolute atomic E-state index is 0.0324. The van der Waals surface area contributed by atoms with Gasteiger partial charge in [0.2, 0.25) is 0 Å². The monoisotopic (exact) mass is 301 g/mol. The standard InChI is InChI=1S/C12H16ClN3O4/c13-9-7-8(1-2-10(9)14)15-11(19)12(20)16(3-5-17)4-6-18/h1-2,7,17-18H,3-6,14H2,(H,15,19). The van der Waals surface area contributed by atoms with Gasteiger partial charge in [-0.25, -0.2) is 0 Å². The molecule has 1 rings (SSSR count). The summed E-state index contributed by atoms with van der Waals surface area (Å²) in [6.07, 6.45) is 0. The summed E-state index contributed by atoms with van der Waals surface area (Å²) < 4.78 is 0. The number of halogens is 1. The van der Waals surface area contributed by atoms with Gasteiger partial charge in [-0.05, 0) is 18.2 Å². The number of aliphatic hydroxyl groups excluding tert-OH is 2. The second-order valence-electron chi connectivity index (χ2n) is 3.93. The number of nitrogens with two attached hydrogens (primary N) is 1. The number of anilines is 2. The van der Waals surface area contributed by atoms with Gasteiger partial charge in [-0.15, -0.1) is 0 Å². The molecule has 0 heterocycles. The Balaban J connectivity index is 2.73. The normalized spacial score (nSPS) is 10.2. The molecule has 7 nitrogen and oxygen atoms in total. The lowest BCUT2D eigenvalue weighted by Crippen LogP contribution is -2.42. The molecule has 0 fully saturated rings. The van der Waals surface area contributed by atoms with E-state index in [4.69, 9.17) is 27.5 Å². The lowest BCUT2D eigenvalue weighted by Gasteiger charge is -2.19. The van der Waals surface area contributed by atoms with Crippen LogP contribution in [0.3, 0.4) is 0 Å². The van der Waals surface area contributed by atoms with Crippen LogP contribution in [0.15, 0.2) is 18.2 Å². The van der Waals surface area contributed by atoms with Gasteiger partial charge in [0.1, 0.15) is 0 Å². The Hall–Kier alpha value is -1.83. The topological polar surface area (TPSA) is 116 Å². The van der Waals surface area contributed by atoms with Crippen molar-refractivity contribution >= 4 is 34.8 Å². The number of rotatable bonds is 5. The molecule has 1 aromatic carbocycles. The molecule has 0 aliphatic carbocycles. The minimum atomic E-state index is -0.882. The first-order valence-electron chi connectivity index (χ1n) is 5.86. The molecule has 0 saturated heterocycles. The fraction of sp³-hybridized carbons (Fsp3) is 0.333. The van der Waals surface area contributed by atoms with Gasteiger partial charge in [-0.3, -0.25) is 9.59 Å². The number of nitrogens with one attached hydrogen (secondary N) is 1. The summed E-state index contributed by atoms with van der Waals surface area (Å²) in [5.74, 6) is -1.73. The Morgan fingerprint density at radius 2 is 1.85 bits per heavy atom. The van der Waals surface area contributed by atoms with E-state index < -0.39 is 11.8 Å². The molecule has 0 aliphatic rings. The highest BCUT2D eigenvalue weighted by Crippen LogP contribution is 2.22. The van der Waals surface area contributed by atoms with Crippen molar-refractivity contribution in [1.29, 1.82) is 0 Å². The molecule has 8 heteroatoms. The SMILES string of the molecule is Nc1ccc(NC(=O)C(=O)N(CCO)CCO)cc1Cl. The maximum absolute atomic E-state index is 11.8. The zero-order valence-corrected chi connectivity index (χ0v) is 11.4. The van der Waals surface area contributed by atoms with Crippen molar-refractivity contribution < 1.29 is 19.8 Å². The third kappa shape index (κ3) is 4.37. The highest BCUT2D eigenvalue weighted by atomic mass is 35.5. The summed E-state index contributed by atoms with van der Waals surface area (Å²) in [4.78, 5) is 24.6. The Morgan fingerprint density at radius 1 is 1.25 bits per heavy atom. The van der Waals surface area contributed by atoms with E-state index in [9.17, 15) is 9.59 Å². The highest BCUT2D eigenvalue weighted by Gasteiger charge is 2.21. The smallest absolute Gasteiger partial charge is 0.313 e. The summed E-state index contributed by atoms with van der Waals surface area (Å²) in [5.41, 5.74) is 6.22. The largest absolute Gasteiger partial charge is 0.398 e. The molecule has 0 aromatic heterocycles. The minimum Gasteiger partial charge on any atom is -0.398 e. The molecular weight excluding hydrogens is 286 g/mol. The van der Waals surface area contributed by atoms with E-state index in [2.05, 4.69) is 5.32 Å². The van der Waals surface area contributed by atoms with Crippen LogP contribution in [0.25, 0.3) is 0 Å². The fourth-order valence-corrected chi connectivity index (χ4v) is 1.67. The van der Waals surface area contributed by atoms with E-state index in [-0.39, 0.29) is 31.3 Å². The number of nitrogen functional groups attached to an aromatic ring is 1. The van der Waals surface area contributed by atoms with E-state index in [1.807, 2.05) is 0 Å². The molecule has 0 spiro atoms. The van der Waals surface area contributed by atoms with Crippen molar-refractivity contribution in [3.05, 3.63) is 23.2 Å². The molecular formula is C12H16ClN3O4. The number of aliphatic hydroxyl groups is 2. The van der Waals surface area contributed by atoms with Gasteiger partial charge >= 0.3 is 11.8 Å². The average Bonchev–Trinajstić information content (AvgIpc) is 2.42. The van der Waals surface area contributed by atoms with Crippen LogP contribution in [-0.2, 0) is 9.59 Å². The summed E-state index contributed by atoms with van der Waals surface area (Å²) in [5, 5.41) is 20.3. The van der Waals surface area contributed by atoms with Crippen LogP contribution >= 0.6 is 11.6 Å². The van der Waals surface area contributed by atoms with Crippen LogP contribution < -0.4 is 11.1 Å². The molecule has 20 heavy (non-hydrogen) atoms. The zero-order valence-electron chi connectivity index (χ0n) is 10.7. The number of benzene rings is 1. The lowest BCUT2D eigenvalue weighted by atomic mass is 10.3. The molecule has 0 aliphatic heterocycles. The number of carbonyl (C=O) groups excluding carboxylic acids is 2. The van der Waals surface area contributed by atoms with Gasteiger partial charge in [-0.1, -0.05) is 11.6 Å². The van der Waals surface area contributed by atoms with Crippen LogP contribution in [0.4, 0.5) is 11.4 Å². The van der Waals surface area contributed by atoms with Crippen LogP contribution in [0.2, 0.25) is 5.02 Å². The van der Waals surface area contributed by atoms with E-state index in [1.54, 1.807) is 0 Å².